The molecule has 3 aromatic carbocycles. The van der Waals surface area contributed by atoms with Crippen molar-refractivity contribution < 1.29 is 9.53 Å². The Labute approximate surface area is 154 Å². The summed E-state index contributed by atoms with van der Waals surface area (Å²) in [6.45, 7) is 1.89. The highest BCUT2D eigenvalue weighted by molar-refractivity contribution is 9.10. The van der Waals surface area contributed by atoms with Crippen LogP contribution in [0.15, 0.2) is 70.2 Å². The number of hydrogen-bond donors (Lipinski definition) is 1. The molecule has 0 saturated heterocycles. The maximum atomic E-state index is 11.9. The maximum Gasteiger partial charge on any atom is 0.277 e. The van der Waals surface area contributed by atoms with Gasteiger partial charge in [0.05, 0.1) is 10.7 Å². The van der Waals surface area contributed by atoms with Crippen molar-refractivity contribution in [1.82, 2.24) is 5.43 Å². The number of fused-ring (bicyclic) bond motifs is 1. The lowest BCUT2D eigenvalue weighted by molar-refractivity contribution is -0.123. The standard InChI is InChI=1S/C20H17BrN2O2/c1-14-9-10-19(18(21)11-14)25-13-20(24)23-22-12-16-7-4-6-15-5-2-3-8-17(15)16/h2-12H,13H2,1H3,(H,23,24)/b22-12+. The first-order valence-corrected chi connectivity index (χ1v) is 8.61. The molecule has 3 rings (SSSR count). The number of nitrogens with one attached hydrogen (secondary N) is 1. The summed E-state index contributed by atoms with van der Waals surface area (Å²) >= 11 is 3.42. The Morgan fingerprint density at radius 3 is 2.80 bits per heavy atom. The van der Waals surface area contributed by atoms with E-state index in [-0.39, 0.29) is 12.5 Å². The molecule has 0 atom stereocenters. The van der Waals surface area contributed by atoms with Crippen LogP contribution >= 0.6 is 15.9 Å². The monoisotopic (exact) mass is 396 g/mol. The first-order chi connectivity index (χ1) is 12.1. The summed E-state index contributed by atoms with van der Waals surface area (Å²) in [5, 5.41) is 6.24. The smallest absolute Gasteiger partial charge is 0.277 e. The highest BCUT2D eigenvalue weighted by Crippen LogP contribution is 2.25. The number of ether oxygens (including phenoxy) is 1. The summed E-state index contributed by atoms with van der Waals surface area (Å²) in [7, 11) is 0. The molecule has 0 spiro atoms. The molecule has 1 N–H and O–H groups in total. The third-order valence-corrected chi connectivity index (χ3v) is 4.28. The van der Waals surface area contributed by atoms with Crippen LogP contribution in [0.3, 0.4) is 0 Å². The minimum Gasteiger partial charge on any atom is -0.483 e. The number of halogens is 1. The van der Waals surface area contributed by atoms with E-state index in [0.717, 1.165) is 26.4 Å². The zero-order valence-electron chi connectivity index (χ0n) is 13.7. The van der Waals surface area contributed by atoms with Crippen molar-refractivity contribution in [2.45, 2.75) is 6.92 Å². The molecule has 0 radical (unpaired) electrons. The number of benzene rings is 3. The predicted molar refractivity (Wildman–Crippen MR) is 104 cm³/mol. The van der Waals surface area contributed by atoms with Gasteiger partial charge in [-0.15, -0.1) is 0 Å². The van der Waals surface area contributed by atoms with Gasteiger partial charge in [0.15, 0.2) is 6.61 Å². The van der Waals surface area contributed by atoms with Gasteiger partial charge in [-0.05, 0) is 51.3 Å². The lowest BCUT2D eigenvalue weighted by Gasteiger charge is -2.07. The summed E-state index contributed by atoms with van der Waals surface area (Å²) in [6.07, 6.45) is 1.64. The fraction of sp³-hybridized carbons (Fsp3) is 0.100. The highest BCUT2D eigenvalue weighted by Gasteiger charge is 2.05. The molecule has 0 saturated carbocycles. The van der Waals surface area contributed by atoms with Gasteiger partial charge >= 0.3 is 0 Å². The van der Waals surface area contributed by atoms with Crippen LogP contribution in [-0.2, 0) is 4.79 Å². The molecule has 3 aromatic rings. The van der Waals surface area contributed by atoms with E-state index >= 15 is 0 Å². The van der Waals surface area contributed by atoms with E-state index in [1.807, 2.05) is 67.6 Å². The first-order valence-electron chi connectivity index (χ1n) is 7.82. The largest absolute Gasteiger partial charge is 0.483 e. The normalized spacial score (nSPS) is 11.0. The van der Waals surface area contributed by atoms with E-state index in [2.05, 4.69) is 26.5 Å². The van der Waals surface area contributed by atoms with Crippen molar-refractivity contribution >= 4 is 38.8 Å². The summed E-state index contributed by atoms with van der Waals surface area (Å²) < 4.78 is 6.31. The van der Waals surface area contributed by atoms with Gasteiger partial charge < -0.3 is 4.74 Å². The quantitative estimate of drug-likeness (QED) is 0.511. The summed E-state index contributed by atoms with van der Waals surface area (Å²) in [5.41, 5.74) is 4.55. The van der Waals surface area contributed by atoms with Crippen molar-refractivity contribution in [1.29, 1.82) is 0 Å². The molecule has 0 heterocycles. The minimum absolute atomic E-state index is 0.103. The molecule has 5 heteroatoms. The second kappa shape index (κ2) is 7.94. The van der Waals surface area contributed by atoms with Crippen LogP contribution in [0.5, 0.6) is 5.75 Å². The predicted octanol–water partition coefficient (Wildman–Crippen LogP) is 4.44. The fourth-order valence-electron chi connectivity index (χ4n) is 2.44. The Morgan fingerprint density at radius 2 is 1.96 bits per heavy atom. The van der Waals surface area contributed by atoms with Crippen LogP contribution in [0.2, 0.25) is 0 Å². The first kappa shape index (κ1) is 17.2. The average Bonchev–Trinajstić information content (AvgIpc) is 2.61. The van der Waals surface area contributed by atoms with Crippen LogP contribution < -0.4 is 10.2 Å². The maximum absolute atomic E-state index is 11.9. The van der Waals surface area contributed by atoms with Crippen LogP contribution in [0, 0.1) is 6.92 Å². The molecule has 0 aliphatic carbocycles. The van der Waals surface area contributed by atoms with Crippen molar-refractivity contribution in [3.63, 3.8) is 0 Å². The van der Waals surface area contributed by atoms with E-state index < -0.39 is 0 Å². The molecule has 4 nitrogen and oxygen atoms in total. The molecule has 126 valence electrons. The zero-order chi connectivity index (χ0) is 17.6. The number of hydrogen-bond acceptors (Lipinski definition) is 3. The number of nitrogens with zero attached hydrogens (tertiary/aromatic N) is 1. The van der Waals surface area contributed by atoms with Gasteiger partial charge in [0, 0.05) is 5.56 Å². The van der Waals surface area contributed by atoms with Gasteiger partial charge in [-0.3, -0.25) is 4.79 Å². The van der Waals surface area contributed by atoms with Crippen LogP contribution in [-0.4, -0.2) is 18.7 Å². The Balaban J connectivity index is 1.59. The number of rotatable bonds is 5. The van der Waals surface area contributed by atoms with Gasteiger partial charge in [-0.25, -0.2) is 5.43 Å². The number of carbonyl (C=O) groups is 1. The molecule has 0 fully saturated rings. The van der Waals surface area contributed by atoms with Gasteiger partial charge in [-0.1, -0.05) is 48.5 Å². The molecule has 1 amide bonds. The lowest BCUT2D eigenvalue weighted by atomic mass is 10.1. The van der Waals surface area contributed by atoms with Crippen molar-refractivity contribution in [3.05, 3.63) is 76.3 Å². The Morgan fingerprint density at radius 1 is 1.16 bits per heavy atom. The van der Waals surface area contributed by atoms with Gasteiger partial charge in [0.1, 0.15) is 5.75 Å². The van der Waals surface area contributed by atoms with Crippen LogP contribution in [0.4, 0.5) is 0 Å². The third kappa shape index (κ3) is 4.45. The summed E-state index contributed by atoms with van der Waals surface area (Å²) in [4.78, 5) is 11.9. The molecule has 25 heavy (non-hydrogen) atoms. The number of amides is 1. The van der Waals surface area contributed by atoms with E-state index in [1.165, 1.54) is 0 Å². The lowest BCUT2D eigenvalue weighted by Crippen LogP contribution is -2.24. The SMILES string of the molecule is Cc1ccc(OCC(=O)N/N=C/c2cccc3ccccc23)c(Br)c1. The van der Waals surface area contributed by atoms with Gasteiger partial charge in [-0.2, -0.15) is 5.10 Å². The van der Waals surface area contributed by atoms with E-state index in [9.17, 15) is 4.79 Å². The zero-order valence-corrected chi connectivity index (χ0v) is 15.3. The highest BCUT2D eigenvalue weighted by atomic mass is 79.9. The molecule has 0 aliphatic rings. The van der Waals surface area contributed by atoms with Gasteiger partial charge in [0.25, 0.3) is 5.91 Å². The fourth-order valence-corrected chi connectivity index (χ4v) is 3.04. The number of aryl methyl sites for hydroxylation is 1. The molecular weight excluding hydrogens is 380 g/mol. The number of hydrazone groups is 1. The summed E-state index contributed by atoms with van der Waals surface area (Å²) in [5.74, 6) is 0.308. The molecule has 0 bridgehead atoms. The van der Waals surface area contributed by atoms with Crippen LogP contribution in [0.1, 0.15) is 11.1 Å². The average molecular weight is 397 g/mol. The minimum atomic E-state index is -0.316. The Kier molecular flexibility index (Phi) is 5.46. The topological polar surface area (TPSA) is 50.7 Å². The Hall–Kier alpha value is -2.66. The molecule has 0 aliphatic heterocycles. The molecular formula is C20H17BrN2O2. The van der Waals surface area contributed by atoms with Crippen molar-refractivity contribution in [2.24, 2.45) is 5.10 Å². The second-order valence-corrected chi connectivity index (χ2v) is 6.44. The number of carbonyl (C=O) groups excluding carboxylic acids is 1. The van der Waals surface area contributed by atoms with Crippen molar-refractivity contribution in [3.8, 4) is 5.75 Å². The van der Waals surface area contributed by atoms with E-state index in [0.29, 0.717) is 5.75 Å². The van der Waals surface area contributed by atoms with Crippen LogP contribution in [0.25, 0.3) is 10.8 Å². The molecule has 0 aromatic heterocycles. The summed E-state index contributed by atoms with van der Waals surface area (Å²) in [6, 6.07) is 19.7. The van der Waals surface area contributed by atoms with Crippen molar-refractivity contribution in [2.75, 3.05) is 6.61 Å². The molecule has 0 unspecified atom stereocenters. The Bertz CT molecular complexity index is 933. The van der Waals surface area contributed by atoms with E-state index in [4.69, 9.17) is 4.74 Å². The van der Waals surface area contributed by atoms with E-state index in [1.54, 1.807) is 6.21 Å². The van der Waals surface area contributed by atoms with Gasteiger partial charge in [0.2, 0.25) is 0 Å². The second-order valence-electron chi connectivity index (χ2n) is 5.58. The third-order valence-electron chi connectivity index (χ3n) is 3.66.